The van der Waals surface area contributed by atoms with Gasteiger partial charge in [0.1, 0.15) is 17.3 Å². The lowest BCUT2D eigenvalue weighted by molar-refractivity contribution is 0.0991. The highest BCUT2D eigenvalue weighted by Gasteiger charge is 2.18. The number of hydrogen-bond acceptors (Lipinski definition) is 5. The second-order valence-corrected chi connectivity index (χ2v) is 8.70. The number of methoxy groups -OCH3 is 1. The van der Waals surface area contributed by atoms with Crippen molar-refractivity contribution in [2.75, 3.05) is 7.11 Å². The number of fused-ring (bicyclic) bond motifs is 1. The maximum atomic E-state index is 15.0. The van der Waals surface area contributed by atoms with E-state index in [1.807, 2.05) is 0 Å². The molecule has 3 aromatic carbocycles. The van der Waals surface area contributed by atoms with E-state index in [1.54, 1.807) is 50.6 Å². The number of rotatable bonds is 7. The zero-order chi connectivity index (χ0) is 26.8. The van der Waals surface area contributed by atoms with Crippen molar-refractivity contribution >= 4 is 16.7 Å². The Balaban J connectivity index is 1.39. The van der Waals surface area contributed by atoms with Gasteiger partial charge in [-0.15, -0.1) is 0 Å². The van der Waals surface area contributed by atoms with Crippen molar-refractivity contribution in [3.8, 4) is 28.4 Å². The monoisotopic (exact) mass is 512 g/mol. The molecule has 5 aromatic rings. The molecule has 0 aliphatic heterocycles. The lowest BCUT2D eigenvalue weighted by atomic mass is 9.98. The molecular weight excluding hydrogens is 490 g/mol. The van der Waals surface area contributed by atoms with Crippen molar-refractivity contribution in [1.82, 2.24) is 9.97 Å². The summed E-state index contributed by atoms with van der Waals surface area (Å²) in [6, 6.07) is 16.6. The molecule has 0 spiro atoms. The van der Waals surface area contributed by atoms with Crippen molar-refractivity contribution in [1.29, 1.82) is 0 Å². The van der Waals surface area contributed by atoms with Gasteiger partial charge in [0, 0.05) is 35.5 Å². The maximum absolute atomic E-state index is 15.0. The number of nitrogens with zero attached hydrogens (tertiary/aromatic N) is 1. The van der Waals surface area contributed by atoms with Crippen LogP contribution in [0.15, 0.2) is 83.9 Å². The van der Waals surface area contributed by atoms with Crippen LogP contribution >= 0.6 is 0 Å². The molecule has 190 valence electrons. The molecule has 0 unspecified atom stereocenters. The lowest BCUT2D eigenvalue weighted by Crippen LogP contribution is -2.20. The van der Waals surface area contributed by atoms with Crippen LogP contribution in [0.3, 0.4) is 0 Å². The Kier molecular flexibility index (Phi) is 6.70. The Morgan fingerprint density at radius 1 is 0.974 bits per heavy atom. The molecule has 0 saturated carbocycles. The molecule has 1 N–H and O–H groups in total. The molecule has 0 saturated heterocycles. The summed E-state index contributed by atoms with van der Waals surface area (Å²) in [5.74, 6) is -0.581. The summed E-state index contributed by atoms with van der Waals surface area (Å²) in [6.45, 7) is 1.70. The number of Topliss-reactive ketones (excluding diaryl/α,β-unsaturated/α-hetero) is 1. The summed E-state index contributed by atoms with van der Waals surface area (Å²) >= 11 is 0. The van der Waals surface area contributed by atoms with E-state index in [9.17, 15) is 14.0 Å². The zero-order valence-electron chi connectivity index (χ0n) is 20.5. The first kappa shape index (κ1) is 24.8. The summed E-state index contributed by atoms with van der Waals surface area (Å²) in [5, 5.41) is 0.654. The minimum Gasteiger partial charge on any atom is -0.497 e. The first-order valence-corrected chi connectivity index (χ1v) is 11.7. The number of H-pyrrole nitrogens is 1. The van der Waals surface area contributed by atoms with Crippen molar-refractivity contribution in [3.63, 3.8) is 0 Å². The van der Waals surface area contributed by atoms with Crippen LogP contribution in [0.25, 0.3) is 22.0 Å². The molecule has 0 amide bonds. The number of benzene rings is 3. The number of carbonyl (C=O) groups is 1. The van der Waals surface area contributed by atoms with Gasteiger partial charge in [0.15, 0.2) is 22.8 Å². The minimum absolute atomic E-state index is 0.0247. The molecule has 0 aliphatic carbocycles. The second kappa shape index (κ2) is 10.3. The average Bonchev–Trinajstić information content (AvgIpc) is 2.91. The molecule has 38 heavy (non-hydrogen) atoms. The highest BCUT2D eigenvalue weighted by Crippen LogP contribution is 2.32. The number of aryl methyl sites for hydroxylation is 1. The van der Waals surface area contributed by atoms with E-state index in [4.69, 9.17) is 9.47 Å². The number of ketones is 1. The third-order valence-corrected chi connectivity index (χ3v) is 6.20. The fraction of sp³-hybridized carbons (Fsp3) is 0.100. The Bertz CT molecular complexity index is 1730. The topological polar surface area (TPSA) is 81.3 Å². The molecule has 5 rings (SSSR count). The number of hydrogen-bond donors (Lipinski definition) is 1. The van der Waals surface area contributed by atoms with Gasteiger partial charge >= 0.3 is 0 Å². The predicted molar refractivity (Wildman–Crippen MR) is 140 cm³/mol. The molecule has 0 fully saturated rings. The molecule has 0 atom stereocenters. The van der Waals surface area contributed by atoms with E-state index in [1.165, 1.54) is 42.6 Å². The standard InChI is InChI=1S/C30H22F2N2O4/c1-17-29(19-4-6-20(31)7-5-19)30(36)23(16-34-17)26(35)14-18-3-10-28(24(32)13-18)38-27-11-12-33-25-9-8-21(37-2)15-22(25)27/h3-13,15-16H,14H2,1-2H3,(H,34,36). The Morgan fingerprint density at radius 2 is 1.76 bits per heavy atom. The van der Waals surface area contributed by atoms with Crippen LogP contribution in [0, 0.1) is 18.6 Å². The summed E-state index contributed by atoms with van der Waals surface area (Å²) in [4.78, 5) is 33.4. The Hall–Kier alpha value is -4.85. The van der Waals surface area contributed by atoms with Crippen molar-refractivity contribution < 1.29 is 23.0 Å². The SMILES string of the molecule is COc1ccc2nccc(Oc3ccc(CC(=O)c4c[nH]c(C)c(-c5ccc(F)cc5)c4=O)cc3F)c2c1. The molecular formula is C30H22F2N2O4. The van der Waals surface area contributed by atoms with Gasteiger partial charge in [-0.1, -0.05) is 18.2 Å². The van der Waals surface area contributed by atoms with Crippen LogP contribution in [-0.4, -0.2) is 22.9 Å². The maximum Gasteiger partial charge on any atom is 0.200 e. The van der Waals surface area contributed by atoms with Gasteiger partial charge in [-0.2, -0.15) is 0 Å². The zero-order valence-corrected chi connectivity index (χ0v) is 20.5. The van der Waals surface area contributed by atoms with Crippen LogP contribution in [0.1, 0.15) is 21.6 Å². The van der Waals surface area contributed by atoms with Gasteiger partial charge in [-0.25, -0.2) is 8.78 Å². The van der Waals surface area contributed by atoms with E-state index in [0.29, 0.717) is 39.2 Å². The van der Waals surface area contributed by atoms with Crippen molar-refractivity contribution in [3.05, 3.63) is 118 Å². The first-order chi connectivity index (χ1) is 18.3. The van der Waals surface area contributed by atoms with Gasteiger partial charge in [-0.3, -0.25) is 14.6 Å². The smallest absolute Gasteiger partial charge is 0.200 e. The number of halogens is 2. The summed E-state index contributed by atoms with van der Waals surface area (Å²) in [5.41, 5.74) is 1.83. The van der Waals surface area contributed by atoms with Crippen LogP contribution in [0.5, 0.6) is 17.2 Å². The fourth-order valence-electron chi connectivity index (χ4n) is 4.25. The largest absolute Gasteiger partial charge is 0.497 e. The number of aromatic nitrogens is 2. The van der Waals surface area contributed by atoms with Gasteiger partial charge in [-0.05, 0) is 66.6 Å². The van der Waals surface area contributed by atoms with Gasteiger partial charge in [0.05, 0.1) is 18.2 Å². The summed E-state index contributed by atoms with van der Waals surface area (Å²) in [7, 11) is 1.55. The van der Waals surface area contributed by atoms with E-state index in [-0.39, 0.29) is 23.3 Å². The van der Waals surface area contributed by atoms with Crippen LogP contribution in [0.2, 0.25) is 0 Å². The predicted octanol–water partition coefficient (Wildman–Crippen LogP) is 6.40. The van der Waals surface area contributed by atoms with Gasteiger partial charge in [0.25, 0.3) is 0 Å². The lowest BCUT2D eigenvalue weighted by Gasteiger charge is -2.11. The highest BCUT2D eigenvalue weighted by atomic mass is 19.1. The Labute approximate surface area is 216 Å². The summed E-state index contributed by atoms with van der Waals surface area (Å²) in [6.07, 6.45) is 2.72. The molecule has 0 radical (unpaired) electrons. The number of pyridine rings is 2. The van der Waals surface area contributed by atoms with Gasteiger partial charge in [0.2, 0.25) is 0 Å². The number of ether oxygens (including phenoxy) is 2. The third-order valence-electron chi connectivity index (χ3n) is 6.20. The van der Waals surface area contributed by atoms with Crippen molar-refractivity contribution in [2.45, 2.75) is 13.3 Å². The molecule has 8 heteroatoms. The molecule has 6 nitrogen and oxygen atoms in total. The van der Waals surface area contributed by atoms with E-state index >= 15 is 4.39 Å². The molecule has 2 heterocycles. The second-order valence-electron chi connectivity index (χ2n) is 8.70. The van der Waals surface area contributed by atoms with E-state index < -0.39 is 22.8 Å². The highest BCUT2D eigenvalue weighted by molar-refractivity contribution is 5.98. The fourth-order valence-corrected chi connectivity index (χ4v) is 4.25. The third kappa shape index (κ3) is 4.88. The quantitative estimate of drug-likeness (QED) is 0.255. The average molecular weight is 513 g/mol. The molecule has 0 aliphatic rings. The van der Waals surface area contributed by atoms with Crippen molar-refractivity contribution in [2.24, 2.45) is 0 Å². The summed E-state index contributed by atoms with van der Waals surface area (Å²) < 4.78 is 39.5. The van der Waals surface area contributed by atoms with Crippen LogP contribution < -0.4 is 14.9 Å². The molecule has 2 aromatic heterocycles. The van der Waals surface area contributed by atoms with E-state index in [2.05, 4.69) is 9.97 Å². The number of aromatic amines is 1. The van der Waals surface area contributed by atoms with Crippen LogP contribution in [0.4, 0.5) is 8.78 Å². The van der Waals surface area contributed by atoms with Gasteiger partial charge < -0.3 is 14.5 Å². The number of carbonyl (C=O) groups excluding carboxylic acids is 1. The Morgan fingerprint density at radius 3 is 2.50 bits per heavy atom. The normalized spacial score (nSPS) is 10.9. The number of nitrogens with one attached hydrogen (secondary N) is 1. The first-order valence-electron chi connectivity index (χ1n) is 11.7. The minimum atomic E-state index is -0.659. The van der Waals surface area contributed by atoms with Crippen LogP contribution in [-0.2, 0) is 6.42 Å². The van der Waals surface area contributed by atoms with E-state index in [0.717, 1.165) is 0 Å². The molecule has 0 bridgehead atoms.